The molecule has 0 aromatic carbocycles. The van der Waals surface area contributed by atoms with Crippen LogP contribution in [0.3, 0.4) is 0 Å². The maximum atomic E-state index is 8.89. The summed E-state index contributed by atoms with van der Waals surface area (Å²) in [5, 5.41) is 16.7. The molecule has 0 radical (unpaired) electrons. The van der Waals surface area contributed by atoms with Gasteiger partial charge in [-0.25, -0.2) is 0 Å². The predicted molar refractivity (Wildman–Crippen MR) is 73.2 cm³/mol. The van der Waals surface area contributed by atoms with Crippen molar-refractivity contribution in [3.8, 4) is 6.07 Å². The Hall–Kier alpha value is -1.34. The van der Waals surface area contributed by atoms with Crippen molar-refractivity contribution >= 4 is 0 Å². The van der Waals surface area contributed by atoms with Crippen LogP contribution in [0.1, 0.15) is 38.1 Å². The lowest BCUT2D eigenvalue weighted by Crippen LogP contribution is -2.23. The fourth-order valence-corrected chi connectivity index (χ4v) is 1.84. The lowest BCUT2D eigenvalue weighted by molar-refractivity contribution is 0.426. The fourth-order valence-electron chi connectivity index (χ4n) is 1.84. The van der Waals surface area contributed by atoms with Crippen molar-refractivity contribution in [1.82, 2.24) is 15.1 Å². The SMILES string of the molecule is Cc1cc(C)n(CCCNCCC(C)(C)C#N)n1. The number of nitriles is 1. The molecule has 0 aliphatic heterocycles. The van der Waals surface area contributed by atoms with E-state index in [2.05, 4.69) is 34.2 Å². The first-order valence-corrected chi connectivity index (χ1v) is 6.58. The van der Waals surface area contributed by atoms with Crippen LogP contribution in [0.4, 0.5) is 0 Å². The third kappa shape index (κ3) is 4.89. The van der Waals surface area contributed by atoms with E-state index in [9.17, 15) is 0 Å². The van der Waals surface area contributed by atoms with Gasteiger partial charge in [0.2, 0.25) is 0 Å². The van der Waals surface area contributed by atoms with Gasteiger partial charge in [-0.3, -0.25) is 4.68 Å². The number of aryl methyl sites for hydroxylation is 3. The van der Waals surface area contributed by atoms with Crippen LogP contribution in [0, 0.1) is 30.6 Å². The summed E-state index contributed by atoms with van der Waals surface area (Å²) in [6, 6.07) is 4.41. The van der Waals surface area contributed by atoms with Crippen LogP contribution in [0.2, 0.25) is 0 Å². The smallest absolute Gasteiger partial charge is 0.0684 e. The largest absolute Gasteiger partial charge is 0.317 e. The minimum atomic E-state index is -0.220. The minimum Gasteiger partial charge on any atom is -0.317 e. The summed E-state index contributed by atoms with van der Waals surface area (Å²) in [6.07, 6.45) is 1.96. The van der Waals surface area contributed by atoms with E-state index in [0.29, 0.717) is 0 Å². The Balaban J connectivity index is 2.13. The summed E-state index contributed by atoms with van der Waals surface area (Å²) in [5.74, 6) is 0. The Labute approximate surface area is 110 Å². The van der Waals surface area contributed by atoms with Crippen molar-refractivity contribution in [2.24, 2.45) is 5.41 Å². The lowest BCUT2D eigenvalue weighted by Gasteiger charge is -2.15. The molecular weight excluding hydrogens is 224 g/mol. The highest BCUT2D eigenvalue weighted by Gasteiger charge is 2.15. The molecule has 100 valence electrons. The Morgan fingerprint density at radius 1 is 1.39 bits per heavy atom. The van der Waals surface area contributed by atoms with Crippen molar-refractivity contribution < 1.29 is 0 Å². The van der Waals surface area contributed by atoms with E-state index in [0.717, 1.165) is 38.2 Å². The molecule has 18 heavy (non-hydrogen) atoms. The first-order valence-electron chi connectivity index (χ1n) is 6.58. The van der Waals surface area contributed by atoms with Gasteiger partial charge in [0.1, 0.15) is 0 Å². The molecule has 0 aliphatic carbocycles. The molecule has 4 nitrogen and oxygen atoms in total. The monoisotopic (exact) mass is 248 g/mol. The van der Waals surface area contributed by atoms with E-state index in [-0.39, 0.29) is 5.41 Å². The molecule has 1 heterocycles. The molecule has 0 spiro atoms. The zero-order valence-corrected chi connectivity index (χ0v) is 12.0. The highest BCUT2D eigenvalue weighted by molar-refractivity contribution is 5.06. The summed E-state index contributed by atoms with van der Waals surface area (Å²) >= 11 is 0. The van der Waals surface area contributed by atoms with Crippen LogP contribution in [-0.4, -0.2) is 22.9 Å². The van der Waals surface area contributed by atoms with Crippen molar-refractivity contribution in [1.29, 1.82) is 5.26 Å². The van der Waals surface area contributed by atoms with Crippen molar-refractivity contribution in [3.05, 3.63) is 17.5 Å². The summed E-state index contributed by atoms with van der Waals surface area (Å²) in [7, 11) is 0. The zero-order valence-electron chi connectivity index (χ0n) is 12.0. The first-order chi connectivity index (χ1) is 8.44. The van der Waals surface area contributed by atoms with Gasteiger partial charge >= 0.3 is 0 Å². The maximum absolute atomic E-state index is 8.89. The molecule has 4 heteroatoms. The van der Waals surface area contributed by atoms with Gasteiger partial charge in [-0.05, 0) is 59.7 Å². The lowest BCUT2D eigenvalue weighted by atomic mass is 9.91. The van der Waals surface area contributed by atoms with E-state index in [1.807, 2.05) is 20.8 Å². The normalized spacial score (nSPS) is 11.5. The van der Waals surface area contributed by atoms with Crippen LogP contribution in [0.5, 0.6) is 0 Å². The molecule has 1 aromatic heterocycles. The second-order valence-electron chi connectivity index (χ2n) is 5.50. The number of hydrogen-bond donors (Lipinski definition) is 1. The van der Waals surface area contributed by atoms with Crippen LogP contribution in [0.25, 0.3) is 0 Å². The van der Waals surface area contributed by atoms with Gasteiger partial charge in [-0.15, -0.1) is 0 Å². The Bertz CT molecular complexity index is 412. The van der Waals surface area contributed by atoms with E-state index < -0.39 is 0 Å². The number of rotatable bonds is 7. The number of aromatic nitrogens is 2. The molecule has 0 saturated heterocycles. The molecule has 0 aliphatic rings. The van der Waals surface area contributed by atoms with E-state index in [1.165, 1.54) is 5.69 Å². The number of nitrogens with zero attached hydrogens (tertiary/aromatic N) is 3. The first kappa shape index (κ1) is 14.7. The van der Waals surface area contributed by atoms with Crippen LogP contribution >= 0.6 is 0 Å². The van der Waals surface area contributed by atoms with Crippen LogP contribution in [-0.2, 0) is 6.54 Å². The van der Waals surface area contributed by atoms with Gasteiger partial charge < -0.3 is 5.32 Å². The van der Waals surface area contributed by atoms with E-state index in [4.69, 9.17) is 5.26 Å². The van der Waals surface area contributed by atoms with Crippen molar-refractivity contribution in [2.45, 2.75) is 47.1 Å². The maximum Gasteiger partial charge on any atom is 0.0684 e. The average molecular weight is 248 g/mol. The molecule has 1 rings (SSSR count). The molecule has 1 N–H and O–H groups in total. The minimum absolute atomic E-state index is 0.220. The summed E-state index contributed by atoms with van der Waals surface area (Å²) in [4.78, 5) is 0. The third-order valence-electron chi connectivity index (χ3n) is 3.06. The second kappa shape index (κ2) is 6.55. The van der Waals surface area contributed by atoms with E-state index in [1.54, 1.807) is 0 Å². The quantitative estimate of drug-likeness (QED) is 0.754. The molecule has 0 bridgehead atoms. The van der Waals surface area contributed by atoms with Gasteiger partial charge in [-0.2, -0.15) is 10.4 Å². The van der Waals surface area contributed by atoms with Gasteiger partial charge in [0, 0.05) is 12.2 Å². The predicted octanol–water partition coefficient (Wildman–Crippen LogP) is 2.42. The molecule has 0 amide bonds. The molecule has 0 saturated carbocycles. The van der Waals surface area contributed by atoms with Gasteiger partial charge in [0.15, 0.2) is 0 Å². The molecule has 0 fully saturated rings. The summed E-state index contributed by atoms with van der Waals surface area (Å²) < 4.78 is 2.05. The van der Waals surface area contributed by atoms with Gasteiger partial charge in [-0.1, -0.05) is 0 Å². The highest BCUT2D eigenvalue weighted by Crippen LogP contribution is 2.16. The standard InChI is InChI=1S/C14H24N4/c1-12-10-13(2)18(17-12)9-5-7-16-8-6-14(3,4)11-15/h10,16H,5-9H2,1-4H3. The van der Waals surface area contributed by atoms with Crippen LogP contribution < -0.4 is 5.32 Å². The molecular formula is C14H24N4. The summed E-state index contributed by atoms with van der Waals surface area (Å²) in [5.41, 5.74) is 2.08. The average Bonchev–Trinajstić information content (AvgIpc) is 2.62. The van der Waals surface area contributed by atoms with Gasteiger partial charge in [0.05, 0.1) is 17.2 Å². The number of hydrogen-bond acceptors (Lipinski definition) is 3. The zero-order chi connectivity index (χ0) is 13.6. The van der Waals surface area contributed by atoms with Crippen molar-refractivity contribution in [3.63, 3.8) is 0 Å². The topological polar surface area (TPSA) is 53.6 Å². The van der Waals surface area contributed by atoms with Crippen molar-refractivity contribution in [2.75, 3.05) is 13.1 Å². The fraction of sp³-hybridized carbons (Fsp3) is 0.714. The van der Waals surface area contributed by atoms with Gasteiger partial charge in [0.25, 0.3) is 0 Å². The number of nitrogens with one attached hydrogen (secondary N) is 1. The Kier molecular flexibility index (Phi) is 5.36. The Morgan fingerprint density at radius 3 is 2.67 bits per heavy atom. The Morgan fingerprint density at radius 2 is 2.11 bits per heavy atom. The third-order valence-corrected chi connectivity index (χ3v) is 3.06. The molecule has 0 unspecified atom stereocenters. The summed E-state index contributed by atoms with van der Waals surface area (Å²) in [6.45, 7) is 10.9. The van der Waals surface area contributed by atoms with E-state index >= 15 is 0 Å². The molecule has 1 aromatic rings. The molecule has 0 atom stereocenters. The second-order valence-corrected chi connectivity index (χ2v) is 5.50. The highest BCUT2D eigenvalue weighted by atomic mass is 15.3. The van der Waals surface area contributed by atoms with Crippen LogP contribution in [0.15, 0.2) is 6.07 Å².